The summed E-state index contributed by atoms with van der Waals surface area (Å²) < 4.78 is 0. The number of hydrogen-bond acceptors (Lipinski definition) is 3. The molecule has 0 amide bonds. The maximum Gasteiger partial charge on any atom is 0.308 e. The minimum Gasteiger partial charge on any atom is -0.481 e. The van der Waals surface area contributed by atoms with Crippen molar-refractivity contribution < 1.29 is 15.0 Å². The molecule has 0 aliphatic heterocycles. The summed E-state index contributed by atoms with van der Waals surface area (Å²) in [7, 11) is 0. The summed E-state index contributed by atoms with van der Waals surface area (Å²) in [5.41, 5.74) is 2.83. The van der Waals surface area contributed by atoms with Crippen LogP contribution >= 0.6 is 23.4 Å². The average molecular weight is 439 g/mol. The second-order valence-corrected chi connectivity index (χ2v) is 9.40. The van der Waals surface area contributed by atoms with E-state index in [-0.39, 0.29) is 11.2 Å². The average Bonchev–Trinajstić information content (AvgIpc) is 3.18. The molecule has 2 N–H and O–H groups in total. The highest BCUT2D eigenvalue weighted by Crippen LogP contribution is 2.47. The predicted molar refractivity (Wildman–Crippen MR) is 122 cm³/mol. The molecule has 4 atom stereocenters. The van der Waals surface area contributed by atoms with Crippen molar-refractivity contribution in [1.29, 1.82) is 0 Å². The number of thioether (sulfide) groups is 1. The van der Waals surface area contributed by atoms with Crippen molar-refractivity contribution in [3.63, 3.8) is 0 Å². The van der Waals surface area contributed by atoms with Crippen molar-refractivity contribution in [1.82, 2.24) is 0 Å². The molecule has 1 aliphatic carbocycles. The van der Waals surface area contributed by atoms with Crippen molar-refractivity contribution in [2.75, 3.05) is 0 Å². The van der Waals surface area contributed by atoms with E-state index in [4.69, 9.17) is 11.6 Å². The number of hydrogen-bond donors (Lipinski definition) is 2. The van der Waals surface area contributed by atoms with Gasteiger partial charge in [-0.3, -0.25) is 4.79 Å². The first kappa shape index (κ1) is 21.0. The van der Waals surface area contributed by atoms with Crippen LogP contribution in [0.15, 0.2) is 83.8 Å². The Hall–Kier alpha value is -2.27. The molecule has 0 saturated heterocycles. The lowest BCUT2D eigenvalue weighted by atomic mass is 9.86. The van der Waals surface area contributed by atoms with Gasteiger partial charge in [0.15, 0.2) is 0 Å². The van der Waals surface area contributed by atoms with Gasteiger partial charge < -0.3 is 10.2 Å². The Bertz CT molecular complexity index is 989. The van der Waals surface area contributed by atoms with Gasteiger partial charge >= 0.3 is 5.97 Å². The monoisotopic (exact) mass is 438 g/mol. The summed E-state index contributed by atoms with van der Waals surface area (Å²) in [6.45, 7) is 0. The second-order valence-electron chi connectivity index (χ2n) is 7.65. The fourth-order valence-corrected chi connectivity index (χ4v) is 5.76. The van der Waals surface area contributed by atoms with Gasteiger partial charge in [-0.05, 0) is 53.8 Å². The van der Waals surface area contributed by atoms with Crippen LogP contribution in [0.2, 0.25) is 5.02 Å². The molecule has 1 saturated carbocycles. The van der Waals surface area contributed by atoms with E-state index in [1.807, 2.05) is 78.9 Å². The summed E-state index contributed by atoms with van der Waals surface area (Å²) in [6, 6.07) is 25.2. The Kier molecular flexibility index (Phi) is 6.47. The molecule has 0 radical (unpaired) electrons. The number of carboxylic acid groups (broad SMARTS) is 1. The molecule has 1 aliphatic rings. The number of aliphatic hydroxyl groups is 1. The number of benzene rings is 3. The van der Waals surface area contributed by atoms with E-state index in [2.05, 4.69) is 0 Å². The zero-order chi connectivity index (χ0) is 21.1. The molecular weight excluding hydrogens is 416 g/mol. The van der Waals surface area contributed by atoms with Crippen LogP contribution in [-0.4, -0.2) is 21.4 Å². The highest BCUT2D eigenvalue weighted by atomic mass is 35.5. The summed E-state index contributed by atoms with van der Waals surface area (Å²) in [5, 5.41) is 21.6. The van der Waals surface area contributed by atoms with Gasteiger partial charge in [0, 0.05) is 21.1 Å². The lowest BCUT2D eigenvalue weighted by Crippen LogP contribution is -2.29. The molecule has 0 heterocycles. The molecule has 3 aromatic carbocycles. The molecule has 5 heteroatoms. The Balaban J connectivity index is 1.51. The Morgan fingerprint density at radius 2 is 1.50 bits per heavy atom. The lowest BCUT2D eigenvalue weighted by Gasteiger charge is -2.25. The Labute approximate surface area is 185 Å². The van der Waals surface area contributed by atoms with E-state index in [1.54, 1.807) is 11.8 Å². The Morgan fingerprint density at radius 3 is 2.10 bits per heavy atom. The quantitative estimate of drug-likeness (QED) is 0.473. The van der Waals surface area contributed by atoms with Gasteiger partial charge in [-0.2, -0.15) is 0 Å². The molecule has 0 bridgehead atoms. The van der Waals surface area contributed by atoms with Crippen LogP contribution in [0, 0.1) is 11.8 Å². The fourth-order valence-electron chi connectivity index (χ4n) is 4.26. The minimum atomic E-state index is -0.831. The number of halogens is 1. The first-order chi connectivity index (χ1) is 14.5. The zero-order valence-electron chi connectivity index (χ0n) is 16.3. The largest absolute Gasteiger partial charge is 0.481 e. The van der Waals surface area contributed by atoms with Crippen LogP contribution in [0.3, 0.4) is 0 Å². The van der Waals surface area contributed by atoms with Gasteiger partial charge in [0.1, 0.15) is 0 Å². The third-order valence-corrected chi connectivity index (χ3v) is 7.43. The van der Waals surface area contributed by atoms with Crippen molar-refractivity contribution in [2.45, 2.75) is 29.1 Å². The minimum absolute atomic E-state index is 0.0436. The predicted octanol–water partition coefficient (Wildman–Crippen LogP) is 6.31. The fraction of sp³-hybridized carbons (Fsp3) is 0.240. The van der Waals surface area contributed by atoms with E-state index >= 15 is 0 Å². The Morgan fingerprint density at radius 1 is 0.900 bits per heavy atom. The highest BCUT2D eigenvalue weighted by Gasteiger charge is 2.45. The number of aliphatic carboxylic acids is 1. The molecule has 4 rings (SSSR count). The van der Waals surface area contributed by atoms with E-state index in [0.717, 1.165) is 28.0 Å². The van der Waals surface area contributed by atoms with Crippen LogP contribution in [-0.2, 0) is 4.79 Å². The third-order valence-electron chi connectivity index (χ3n) is 5.80. The van der Waals surface area contributed by atoms with Gasteiger partial charge in [0.05, 0.1) is 12.0 Å². The van der Waals surface area contributed by atoms with Crippen LogP contribution in [0.1, 0.15) is 24.5 Å². The maximum atomic E-state index is 12.1. The lowest BCUT2D eigenvalue weighted by molar-refractivity contribution is -0.144. The number of carboxylic acids is 1. The van der Waals surface area contributed by atoms with E-state index in [0.29, 0.717) is 11.4 Å². The number of aliphatic hydroxyl groups excluding tert-OH is 1. The standard InChI is InChI=1S/C25H23ClO3S/c26-19-12-10-17(11-13-19)16-6-8-18(9-7-16)24(27)21-14-15-22(23(21)25(28)29)30-20-4-2-1-3-5-20/h1-13,21-24,27H,14-15H2,(H,28,29). The molecule has 0 aromatic heterocycles. The number of rotatable bonds is 6. The van der Waals surface area contributed by atoms with Crippen LogP contribution in [0.25, 0.3) is 11.1 Å². The summed E-state index contributed by atoms with van der Waals surface area (Å²) in [5.74, 6) is -1.71. The van der Waals surface area contributed by atoms with Gasteiger partial charge in [0.25, 0.3) is 0 Å². The normalized spacial score (nSPS) is 22.0. The molecule has 4 unspecified atom stereocenters. The molecule has 1 fully saturated rings. The van der Waals surface area contributed by atoms with Gasteiger partial charge in [-0.25, -0.2) is 0 Å². The topological polar surface area (TPSA) is 57.5 Å². The smallest absolute Gasteiger partial charge is 0.308 e. The molecule has 3 aromatic rings. The van der Waals surface area contributed by atoms with Crippen LogP contribution in [0.5, 0.6) is 0 Å². The van der Waals surface area contributed by atoms with Crippen LogP contribution in [0.4, 0.5) is 0 Å². The first-order valence-electron chi connectivity index (χ1n) is 10.0. The molecule has 154 valence electrons. The molecule has 30 heavy (non-hydrogen) atoms. The maximum absolute atomic E-state index is 12.1. The summed E-state index contributed by atoms with van der Waals surface area (Å²) >= 11 is 7.56. The van der Waals surface area contributed by atoms with E-state index < -0.39 is 18.0 Å². The highest BCUT2D eigenvalue weighted by molar-refractivity contribution is 8.00. The first-order valence-corrected chi connectivity index (χ1v) is 11.3. The summed E-state index contributed by atoms with van der Waals surface area (Å²) in [6.07, 6.45) is 0.676. The van der Waals surface area contributed by atoms with E-state index in [1.165, 1.54) is 0 Å². The van der Waals surface area contributed by atoms with E-state index in [9.17, 15) is 15.0 Å². The van der Waals surface area contributed by atoms with Crippen molar-refractivity contribution in [3.8, 4) is 11.1 Å². The molecule has 3 nitrogen and oxygen atoms in total. The van der Waals surface area contributed by atoms with Gasteiger partial charge in [0.2, 0.25) is 0 Å². The zero-order valence-corrected chi connectivity index (χ0v) is 17.9. The van der Waals surface area contributed by atoms with Crippen LogP contribution < -0.4 is 0 Å². The SMILES string of the molecule is O=C(O)C1C(Sc2ccccc2)CCC1C(O)c1ccc(-c2ccc(Cl)cc2)cc1. The van der Waals surface area contributed by atoms with Crippen molar-refractivity contribution >= 4 is 29.3 Å². The van der Waals surface area contributed by atoms with Gasteiger partial charge in [-0.15, -0.1) is 11.8 Å². The number of carbonyl (C=O) groups is 1. The van der Waals surface area contributed by atoms with Gasteiger partial charge in [-0.1, -0.05) is 66.2 Å². The van der Waals surface area contributed by atoms with Crippen molar-refractivity contribution in [2.24, 2.45) is 11.8 Å². The molecular formula is C25H23ClO3S. The second kappa shape index (κ2) is 9.25. The summed E-state index contributed by atoms with van der Waals surface area (Å²) in [4.78, 5) is 13.1. The molecule has 0 spiro atoms. The van der Waals surface area contributed by atoms with Crippen molar-refractivity contribution in [3.05, 3.63) is 89.4 Å². The third kappa shape index (κ3) is 4.56.